The van der Waals surface area contributed by atoms with Crippen LogP contribution in [0.1, 0.15) is 36.3 Å². The first kappa shape index (κ1) is 25.0. The van der Waals surface area contributed by atoms with Gasteiger partial charge in [-0.05, 0) is 32.0 Å². The molecule has 0 radical (unpaired) electrons. The first-order valence-corrected chi connectivity index (χ1v) is 10.3. The highest BCUT2D eigenvalue weighted by atomic mass is 32.2. The topological polar surface area (TPSA) is 110 Å². The average molecular weight is 482 g/mol. The van der Waals surface area contributed by atoms with Crippen molar-refractivity contribution < 1.29 is 36.2 Å². The molecule has 0 aliphatic carbocycles. The third-order valence-electron chi connectivity index (χ3n) is 4.64. The summed E-state index contributed by atoms with van der Waals surface area (Å²) >= 11 is 0. The maximum Gasteiger partial charge on any atom is 0.276 e. The van der Waals surface area contributed by atoms with Crippen LogP contribution in [-0.2, 0) is 17.1 Å². The number of aliphatic hydroxyl groups is 1. The molecule has 1 aromatic carbocycles. The fourth-order valence-electron chi connectivity index (χ4n) is 2.95. The van der Waals surface area contributed by atoms with Crippen LogP contribution in [0, 0.1) is 5.82 Å². The Labute approximate surface area is 183 Å². The van der Waals surface area contributed by atoms with Crippen molar-refractivity contribution in [2.75, 3.05) is 11.9 Å². The number of nitrogens with zero attached hydrogens (tertiary/aromatic N) is 1. The van der Waals surface area contributed by atoms with E-state index in [4.69, 9.17) is 4.74 Å². The fraction of sp³-hybridized carbons (Fsp3) is 0.389. The summed E-state index contributed by atoms with van der Waals surface area (Å²) < 4.78 is 73.7. The monoisotopic (exact) mass is 481 g/mol. The SMILES string of the molecule is Cn1cc2c(c1C(=O)Nc1ccc(F)c(C(F)F)c1)OC[C@@H](C(C)(C)O)NS2(=O)=O.S. The van der Waals surface area contributed by atoms with Gasteiger partial charge in [-0.15, -0.1) is 0 Å². The molecule has 31 heavy (non-hydrogen) atoms. The smallest absolute Gasteiger partial charge is 0.276 e. The zero-order valence-corrected chi connectivity index (χ0v) is 18.6. The van der Waals surface area contributed by atoms with Crippen molar-refractivity contribution in [1.82, 2.24) is 9.29 Å². The number of fused-ring (bicyclic) bond motifs is 1. The van der Waals surface area contributed by atoms with Crippen molar-refractivity contribution >= 4 is 35.1 Å². The van der Waals surface area contributed by atoms with Crippen LogP contribution in [0.3, 0.4) is 0 Å². The Hall–Kier alpha value is -2.22. The predicted octanol–water partition coefficient (Wildman–Crippen LogP) is 2.28. The number of aromatic nitrogens is 1. The molecule has 1 amide bonds. The number of alkyl halides is 2. The number of nitrogens with one attached hydrogen (secondary N) is 2. The zero-order chi connectivity index (χ0) is 22.4. The normalized spacial score (nSPS) is 17.9. The number of sulfonamides is 1. The van der Waals surface area contributed by atoms with Crippen molar-refractivity contribution in [3.05, 3.63) is 41.5 Å². The highest BCUT2D eigenvalue weighted by Crippen LogP contribution is 2.34. The number of aryl methyl sites for hydroxylation is 1. The van der Waals surface area contributed by atoms with Gasteiger partial charge in [-0.25, -0.2) is 26.3 Å². The summed E-state index contributed by atoms with van der Waals surface area (Å²) in [5, 5.41) is 12.5. The largest absolute Gasteiger partial charge is 0.488 e. The Morgan fingerprint density at radius 1 is 1.39 bits per heavy atom. The van der Waals surface area contributed by atoms with Gasteiger partial charge in [0, 0.05) is 18.9 Å². The Morgan fingerprint density at radius 2 is 2.03 bits per heavy atom. The maximum atomic E-state index is 13.5. The summed E-state index contributed by atoms with van der Waals surface area (Å²) in [6.45, 7) is 2.55. The van der Waals surface area contributed by atoms with Gasteiger partial charge in [0.05, 0.1) is 17.2 Å². The number of carbonyl (C=O) groups is 1. The summed E-state index contributed by atoms with van der Waals surface area (Å²) in [4.78, 5) is 12.5. The van der Waals surface area contributed by atoms with E-state index in [2.05, 4.69) is 10.0 Å². The second-order valence-electron chi connectivity index (χ2n) is 7.41. The Bertz CT molecular complexity index is 1100. The lowest BCUT2D eigenvalue weighted by molar-refractivity contribution is 0.0288. The maximum absolute atomic E-state index is 13.5. The first-order chi connectivity index (χ1) is 13.8. The molecule has 0 unspecified atom stereocenters. The van der Waals surface area contributed by atoms with Gasteiger partial charge in [-0.1, -0.05) is 0 Å². The van der Waals surface area contributed by atoms with E-state index in [1.807, 2.05) is 0 Å². The van der Waals surface area contributed by atoms with E-state index in [9.17, 15) is 31.5 Å². The zero-order valence-electron chi connectivity index (χ0n) is 16.7. The van der Waals surface area contributed by atoms with Crippen LogP contribution in [0.5, 0.6) is 5.75 Å². The second-order valence-corrected chi connectivity index (χ2v) is 9.09. The fourth-order valence-corrected chi connectivity index (χ4v) is 4.50. The second kappa shape index (κ2) is 8.73. The molecule has 0 bridgehead atoms. The summed E-state index contributed by atoms with van der Waals surface area (Å²) in [6, 6.07) is 1.70. The number of hydrogen-bond donors (Lipinski definition) is 3. The molecule has 3 rings (SSSR count). The van der Waals surface area contributed by atoms with Gasteiger partial charge in [0.2, 0.25) is 10.0 Å². The van der Waals surface area contributed by atoms with E-state index in [0.29, 0.717) is 0 Å². The van der Waals surface area contributed by atoms with E-state index in [1.165, 1.54) is 25.5 Å². The molecule has 1 aliphatic rings. The van der Waals surface area contributed by atoms with E-state index in [1.54, 1.807) is 0 Å². The lowest BCUT2D eigenvalue weighted by atomic mass is 10.0. The number of ether oxygens (including phenoxy) is 1. The van der Waals surface area contributed by atoms with Gasteiger partial charge in [0.25, 0.3) is 12.3 Å². The molecule has 172 valence electrons. The number of carbonyl (C=O) groups excluding carboxylic acids is 1. The molecule has 2 heterocycles. The van der Waals surface area contributed by atoms with Gasteiger partial charge in [-0.2, -0.15) is 13.5 Å². The van der Waals surface area contributed by atoms with Gasteiger partial charge in [0.1, 0.15) is 17.3 Å². The molecule has 13 heteroatoms. The number of halogens is 3. The number of benzene rings is 1. The summed E-state index contributed by atoms with van der Waals surface area (Å²) in [6.07, 6.45) is -1.92. The molecule has 1 aliphatic heterocycles. The van der Waals surface area contributed by atoms with Crippen LogP contribution < -0.4 is 14.8 Å². The number of amides is 1. The molecular formula is C18H22F3N3O5S2. The molecule has 0 fully saturated rings. The quantitative estimate of drug-likeness (QED) is 0.621. The van der Waals surface area contributed by atoms with Gasteiger partial charge < -0.3 is 19.7 Å². The Balaban J connectivity index is 0.00000341. The number of hydrogen-bond acceptors (Lipinski definition) is 5. The molecule has 2 aromatic rings. The molecule has 0 saturated heterocycles. The molecule has 8 nitrogen and oxygen atoms in total. The third kappa shape index (κ3) is 5.00. The summed E-state index contributed by atoms with van der Waals surface area (Å²) in [5.41, 5.74) is -2.61. The molecule has 0 saturated carbocycles. The molecule has 1 atom stereocenters. The first-order valence-electron chi connectivity index (χ1n) is 8.77. The van der Waals surface area contributed by atoms with E-state index in [-0.39, 0.29) is 42.1 Å². The van der Waals surface area contributed by atoms with Crippen molar-refractivity contribution in [3.8, 4) is 5.75 Å². The van der Waals surface area contributed by atoms with Crippen LogP contribution in [0.15, 0.2) is 29.3 Å². The highest BCUT2D eigenvalue weighted by Gasteiger charge is 2.39. The lowest BCUT2D eigenvalue weighted by Gasteiger charge is -2.27. The lowest BCUT2D eigenvalue weighted by Crippen LogP contribution is -2.51. The standard InChI is InChI=1S/C18H20F3N3O5S.H2S/c1-18(2,26)13-8-29-15-12(30(27,28)23-13)7-24(3)14(15)17(25)22-9-4-5-11(19)10(6-9)16(20)21;/h4-7,13,16,23,26H,8H2,1-3H3,(H,22,25);1H2/t13-;/m0./s1. The number of rotatable bonds is 4. The van der Waals surface area contributed by atoms with E-state index in [0.717, 1.165) is 24.4 Å². The summed E-state index contributed by atoms with van der Waals surface area (Å²) in [7, 11) is -2.72. The summed E-state index contributed by atoms with van der Waals surface area (Å²) in [5.74, 6) is -2.21. The van der Waals surface area contributed by atoms with E-state index < -0.39 is 45.4 Å². The minimum Gasteiger partial charge on any atom is -0.488 e. The van der Waals surface area contributed by atoms with Crippen LogP contribution in [0.2, 0.25) is 0 Å². The molecule has 0 spiro atoms. The Kier molecular flexibility index (Phi) is 7.05. The minimum absolute atomic E-state index is 0. The van der Waals surface area contributed by atoms with Gasteiger partial charge in [-0.3, -0.25) is 4.79 Å². The van der Waals surface area contributed by atoms with Gasteiger partial charge in [0.15, 0.2) is 11.4 Å². The third-order valence-corrected chi connectivity index (χ3v) is 6.11. The predicted molar refractivity (Wildman–Crippen MR) is 111 cm³/mol. The van der Waals surface area contributed by atoms with Crippen molar-refractivity contribution in [2.24, 2.45) is 7.05 Å². The van der Waals surface area contributed by atoms with Crippen molar-refractivity contribution in [1.29, 1.82) is 0 Å². The molecule has 3 N–H and O–H groups in total. The number of anilines is 1. The van der Waals surface area contributed by atoms with E-state index >= 15 is 0 Å². The van der Waals surface area contributed by atoms with Crippen LogP contribution in [0.25, 0.3) is 0 Å². The van der Waals surface area contributed by atoms with Crippen molar-refractivity contribution in [3.63, 3.8) is 0 Å². The van der Waals surface area contributed by atoms with Crippen LogP contribution in [0.4, 0.5) is 18.9 Å². The van der Waals surface area contributed by atoms with Crippen LogP contribution in [-0.4, -0.2) is 42.2 Å². The van der Waals surface area contributed by atoms with Crippen LogP contribution >= 0.6 is 13.5 Å². The molecular weight excluding hydrogens is 459 g/mol. The molecule has 1 aromatic heterocycles. The van der Waals surface area contributed by atoms with Crippen molar-refractivity contribution in [2.45, 2.75) is 36.8 Å². The van der Waals surface area contributed by atoms with Gasteiger partial charge >= 0.3 is 0 Å². The Morgan fingerprint density at radius 3 is 2.61 bits per heavy atom. The average Bonchev–Trinajstić information content (AvgIpc) is 2.89. The minimum atomic E-state index is -4.13. The highest BCUT2D eigenvalue weighted by molar-refractivity contribution is 7.89.